The van der Waals surface area contributed by atoms with E-state index in [1.807, 2.05) is 6.21 Å². The molecule has 0 fully saturated rings. The Balaban J connectivity index is 2.66. The van der Waals surface area contributed by atoms with Crippen LogP contribution in [0.3, 0.4) is 0 Å². The number of nitrogens with zero attached hydrogens (tertiary/aromatic N) is 2. The fraction of sp³-hybridized carbons (Fsp3) is 0.667. The molecule has 0 aliphatic carbocycles. The number of aliphatic imine (C=N–C) groups is 1. The van der Waals surface area contributed by atoms with Crippen molar-refractivity contribution in [3.8, 4) is 0 Å². The van der Waals surface area contributed by atoms with Crippen LogP contribution in [0, 0.1) is 0 Å². The van der Waals surface area contributed by atoms with Crippen LogP contribution >= 0.6 is 0 Å². The van der Waals surface area contributed by atoms with Crippen LogP contribution in [-0.2, 0) is 0 Å². The van der Waals surface area contributed by atoms with Crippen molar-refractivity contribution in [2.24, 2.45) is 10.1 Å². The molecule has 0 spiro atoms. The minimum Gasteiger partial charge on any atom is -0.268 e. The van der Waals surface area contributed by atoms with Gasteiger partial charge >= 0.3 is 0 Å². The zero-order valence-corrected chi connectivity index (χ0v) is 5.76. The number of rotatable bonds is 0. The summed E-state index contributed by atoms with van der Waals surface area (Å²) in [5, 5.41) is 3.84. The van der Waals surface area contributed by atoms with Gasteiger partial charge in [0.2, 0.25) is 0 Å². The summed E-state index contributed by atoms with van der Waals surface area (Å²) in [4.78, 5) is 4.19. The number of nitrogens with one attached hydrogen (secondary N) is 1. The van der Waals surface area contributed by atoms with E-state index >= 15 is 0 Å². The predicted molar refractivity (Wildman–Crippen MR) is 38.8 cm³/mol. The molecule has 0 unspecified atom stereocenters. The van der Waals surface area contributed by atoms with E-state index in [9.17, 15) is 0 Å². The van der Waals surface area contributed by atoms with Crippen LogP contribution in [-0.4, -0.2) is 18.1 Å². The van der Waals surface area contributed by atoms with Gasteiger partial charge in [0.05, 0.1) is 5.54 Å². The van der Waals surface area contributed by atoms with Gasteiger partial charge in [-0.3, -0.25) is 10.4 Å². The molecule has 0 atom stereocenters. The Morgan fingerprint density at radius 1 is 1.56 bits per heavy atom. The molecule has 0 amide bonds. The van der Waals surface area contributed by atoms with E-state index in [2.05, 4.69) is 29.4 Å². The predicted octanol–water partition coefficient (Wildman–Crippen LogP) is 0.772. The van der Waals surface area contributed by atoms with Crippen LogP contribution in [0.5, 0.6) is 0 Å². The van der Waals surface area contributed by atoms with E-state index in [-0.39, 0.29) is 5.54 Å². The average molecular weight is 125 g/mol. The van der Waals surface area contributed by atoms with Crippen LogP contribution in [0.1, 0.15) is 20.3 Å². The van der Waals surface area contributed by atoms with Crippen molar-refractivity contribution in [2.75, 3.05) is 0 Å². The summed E-state index contributed by atoms with van der Waals surface area (Å²) in [5.41, 5.74) is 2.70. The van der Waals surface area contributed by atoms with Crippen molar-refractivity contribution in [3.05, 3.63) is 0 Å². The highest BCUT2D eigenvalue weighted by Gasteiger charge is 2.13. The standard InChI is InChI=1S/C6H11N3/c1-6(2)3-4-8-9-5-7-6/h4-5H,3H2,1-2H3,(H,7,9). The van der Waals surface area contributed by atoms with Crippen molar-refractivity contribution in [1.82, 2.24) is 5.43 Å². The maximum atomic E-state index is 4.19. The lowest BCUT2D eigenvalue weighted by Crippen LogP contribution is -2.16. The summed E-state index contributed by atoms with van der Waals surface area (Å²) < 4.78 is 0. The molecule has 0 aromatic carbocycles. The molecule has 1 aliphatic heterocycles. The van der Waals surface area contributed by atoms with Crippen LogP contribution < -0.4 is 5.43 Å². The molecule has 1 rings (SSSR count). The second kappa shape index (κ2) is 2.17. The minimum absolute atomic E-state index is 0.0208. The van der Waals surface area contributed by atoms with Gasteiger partial charge in [-0.15, -0.1) is 0 Å². The third kappa shape index (κ3) is 1.83. The van der Waals surface area contributed by atoms with E-state index in [0.29, 0.717) is 0 Å². The van der Waals surface area contributed by atoms with Gasteiger partial charge in [-0.25, -0.2) is 0 Å². The lowest BCUT2D eigenvalue weighted by atomic mass is 10.0. The molecule has 9 heavy (non-hydrogen) atoms. The first-order valence-corrected chi connectivity index (χ1v) is 3.01. The van der Waals surface area contributed by atoms with E-state index in [0.717, 1.165) is 6.42 Å². The Morgan fingerprint density at radius 3 is 3.11 bits per heavy atom. The SMILES string of the molecule is CC1(C)CC=NNC=N1. The lowest BCUT2D eigenvalue weighted by molar-refractivity contribution is 0.554. The summed E-state index contributed by atoms with van der Waals surface area (Å²) in [7, 11) is 0. The summed E-state index contributed by atoms with van der Waals surface area (Å²) in [6.07, 6.45) is 4.37. The minimum atomic E-state index is 0.0208. The highest BCUT2D eigenvalue weighted by molar-refractivity contribution is 5.65. The van der Waals surface area contributed by atoms with Gasteiger partial charge in [0.1, 0.15) is 6.34 Å². The Kier molecular flexibility index (Phi) is 1.51. The van der Waals surface area contributed by atoms with Crippen molar-refractivity contribution in [2.45, 2.75) is 25.8 Å². The third-order valence-electron chi connectivity index (χ3n) is 1.23. The summed E-state index contributed by atoms with van der Waals surface area (Å²) in [6.45, 7) is 4.14. The molecule has 0 saturated heterocycles. The van der Waals surface area contributed by atoms with Crippen LogP contribution in [0.4, 0.5) is 0 Å². The molecule has 1 N–H and O–H groups in total. The zero-order chi connectivity index (χ0) is 6.74. The van der Waals surface area contributed by atoms with Gasteiger partial charge in [0, 0.05) is 12.6 Å². The second-order valence-electron chi connectivity index (χ2n) is 2.72. The van der Waals surface area contributed by atoms with E-state index < -0.39 is 0 Å². The maximum absolute atomic E-state index is 4.19. The number of hydrogen-bond donors (Lipinski definition) is 1. The molecule has 0 bridgehead atoms. The molecular weight excluding hydrogens is 114 g/mol. The van der Waals surface area contributed by atoms with E-state index in [4.69, 9.17) is 0 Å². The molecule has 0 aromatic heterocycles. The Morgan fingerprint density at radius 2 is 2.33 bits per heavy atom. The van der Waals surface area contributed by atoms with Gasteiger partial charge in [-0.2, -0.15) is 5.10 Å². The van der Waals surface area contributed by atoms with Gasteiger partial charge < -0.3 is 0 Å². The zero-order valence-electron chi connectivity index (χ0n) is 5.76. The van der Waals surface area contributed by atoms with E-state index in [1.54, 1.807) is 6.34 Å². The van der Waals surface area contributed by atoms with Gasteiger partial charge in [0.15, 0.2) is 0 Å². The van der Waals surface area contributed by atoms with E-state index in [1.165, 1.54) is 0 Å². The van der Waals surface area contributed by atoms with Gasteiger partial charge in [-0.05, 0) is 13.8 Å². The average Bonchev–Trinajstić information content (AvgIpc) is 1.92. The lowest BCUT2D eigenvalue weighted by Gasteiger charge is -2.13. The number of hydrazone groups is 1. The largest absolute Gasteiger partial charge is 0.268 e. The quantitative estimate of drug-likeness (QED) is 0.510. The molecule has 1 heterocycles. The summed E-state index contributed by atoms with van der Waals surface area (Å²) >= 11 is 0. The number of hydrogen-bond acceptors (Lipinski definition) is 3. The first kappa shape index (κ1) is 6.26. The van der Waals surface area contributed by atoms with Gasteiger partial charge in [0.25, 0.3) is 0 Å². The molecular formula is C6H11N3. The molecule has 1 aliphatic rings. The summed E-state index contributed by atoms with van der Waals surface area (Å²) in [6, 6.07) is 0. The molecule has 0 saturated carbocycles. The molecule has 3 heteroatoms. The van der Waals surface area contributed by atoms with Crippen molar-refractivity contribution in [3.63, 3.8) is 0 Å². The Hall–Kier alpha value is -0.860. The summed E-state index contributed by atoms with van der Waals surface area (Å²) in [5.74, 6) is 0. The fourth-order valence-electron chi connectivity index (χ4n) is 0.611. The molecule has 3 nitrogen and oxygen atoms in total. The topological polar surface area (TPSA) is 36.8 Å². The first-order valence-electron chi connectivity index (χ1n) is 3.01. The Labute approximate surface area is 54.9 Å². The second-order valence-corrected chi connectivity index (χ2v) is 2.72. The smallest absolute Gasteiger partial charge is 0.104 e. The normalized spacial score (nSPS) is 22.9. The molecule has 0 aromatic rings. The van der Waals surface area contributed by atoms with Crippen molar-refractivity contribution >= 4 is 12.6 Å². The maximum Gasteiger partial charge on any atom is 0.104 e. The molecule has 50 valence electrons. The van der Waals surface area contributed by atoms with Crippen molar-refractivity contribution in [1.29, 1.82) is 0 Å². The van der Waals surface area contributed by atoms with Gasteiger partial charge in [-0.1, -0.05) is 0 Å². The highest BCUT2D eigenvalue weighted by atomic mass is 15.3. The van der Waals surface area contributed by atoms with Crippen LogP contribution in [0.2, 0.25) is 0 Å². The third-order valence-corrected chi connectivity index (χ3v) is 1.23. The molecule has 0 radical (unpaired) electrons. The van der Waals surface area contributed by atoms with Crippen LogP contribution in [0.15, 0.2) is 10.1 Å². The van der Waals surface area contributed by atoms with Crippen LogP contribution in [0.25, 0.3) is 0 Å². The monoisotopic (exact) mass is 125 g/mol. The highest BCUT2D eigenvalue weighted by Crippen LogP contribution is 2.11. The Bertz CT molecular complexity index is 146. The fourth-order valence-corrected chi connectivity index (χ4v) is 0.611. The first-order chi connectivity index (χ1) is 4.21. The van der Waals surface area contributed by atoms with Crippen molar-refractivity contribution < 1.29 is 0 Å².